The van der Waals surface area contributed by atoms with Crippen molar-refractivity contribution in [3.63, 3.8) is 0 Å². The van der Waals surface area contributed by atoms with Gasteiger partial charge in [0.05, 0.1) is 0 Å². The fraction of sp³-hybridized carbons (Fsp3) is 0.688. The van der Waals surface area contributed by atoms with Gasteiger partial charge in [-0.3, -0.25) is 4.40 Å². The summed E-state index contributed by atoms with van der Waals surface area (Å²) in [5.41, 5.74) is 0.859. The van der Waals surface area contributed by atoms with Crippen LogP contribution in [-0.2, 0) is 0 Å². The fourth-order valence-electron chi connectivity index (χ4n) is 3.33. The largest absolute Gasteiger partial charge is 0.367 e. The van der Waals surface area contributed by atoms with Crippen LogP contribution in [0.25, 0.3) is 5.65 Å². The lowest BCUT2D eigenvalue weighted by atomic mass is 10.1. The summed E-state index contributed by atoms with van der Waals surface area (Å²) in [4.78, 5) is 7.01. The van der Waals surface area contributed by atoms with Crippen LogP contribution in [-0.4, -0.2) is 50.7 Å². The third kappa shape index (κ3) is 2.79. The molecule has 1 N–H and O–H groups in total. The van der Waals surface area contributed by atoms with Crippen molar-refractivity contribution in [1.29, 1.82) is 0 Å². The van der Waals surface area contributed by atoms with Gasteiger partial charge >= 0.3 is 0 Å². The smallest absolute Gasteiger partial charge is 0.203 e. The molecule has 22 heavy (non-hydrogen) atoms. The van der Waals surface area contributed by atoms with Gasteiger partial charge in [-0.1, -0.05) is 6.92 Å². The monoisotopic (exact) mass is 300 g/mol. The van der Waals surface area contributed by atoms with E-state index in [1.54, 1.807) is 0 Å². The van der Waals surface area contributed by atoms with E-state index < -0.39 is 0 Å². The maximum Gasteiger partial charge on any atom is 0.203 e. The van der Waals surface area contributed by atoms with Crippen molar-refractivity contribution in [2.24, 2.45) is 5.92 Å². The summed E-state index contributed by atoms with van der Waals surface area (Å²) < 4.78 is 2.10. The minimum atomic E-state index is 0.597. The van der Waals surface area contributed by atoms with Crippen molar-refractivity contribution in [2.45, 2.75) is 38.5 Å². The van der Waals surface area contributed by atoms with Gasteiger partial charge in [0.2, 0.25) is 5.65 Å². The van der Waals surface area contributed by atoms with Crippen LogP contribution in [0.2, 0.25) is 0 Å². The molecule has 6 heteroatoms. The molecule has 1 aliphatic heterocycles. The van der Waals surface area contributed by atoms with E-state index in [9.17, 15) is 0 Å². The Bertz CT molecular complexity index is 641. The van der Waals surface area contributed by atoms with Gasteiger partial charge < -0.3 is 10.2 Å². The van der Waals surface area contributed by atoms with Crippen LogP contribution in [0.15, 0.2) is 12.4 Å². The summed E-state index contributed by atoms with van der Waals surface area (Å²) in [6, 6.07) is 0. The molecule has 1 saturated heterocycles. The number of fused-ring (bicyclic) bond motifs is 1. The molecule has 4 rings (SSSR count). The maximum atomic E-state index is 4.46. The first kappa shape index (κ1) is 13.9. The lowest BCUT2D eigenvalue weighted by molar-refractivity contribution is 0.294. The molecule has 0 bridgehead atoms. The van der Waals surface area contributed by atoms with Crippen LogP contribution in [0.4, 0.5) is 5.82 Å². The second-order valence-corrected chi connectivity index (χ2v) is 6.80. The molecule has 1 unspecified atom stereocenters. The number of hydrogen-bond donors (Lipinski definition) is 1. The zero-order valence-corrected chi connectivity index (χ0v) is 13.2. The molecule has 2 aliphatic rings. The van der Waals surface area contributed by atoms with Crippen molar-refractivity contribution in [2.75, 3.05) is 31.5 Å². The number of anilines is 1. The van der Waals surface area contributed by atoms with Gasteiger partial charge in [-0.25, -0.2) is 4.98 Å². The highest BCUT2D eigenvalue weighted by Crippen LogP contribution is 2.39. The van der Waals surface area contributed by atoms with Crippen LogP contribution < -0.4 is 5.32 Å². The SMILES string of the molecule is CC(CNc1nccn2c(C3CC3)nnc12)CN1CCCC1. The highest BCUT2D eigenvalue weighted by atomic mass is 15.3. The van der Waals surface area contributed by atoms with Crippen molar-refractivity contribution in [1.82, 2.24) is 24.5 Å². The number of nitrogens with zero attached hydrogens (tertiary/aromatic N) is 5. The van der Waals surface area contributed by atoms with Gasteiger partial charge in [-0.15, -0.1) is 10.2 Å². The number of rotatable bonds is 6. The molecule has 2 fully saturated rings. The van der Waals surface area contributed by atoms with Gasteiger partial charge in [0.25, 0.3) is 0 Å². The average molecular weight is 300 g/mol. The maximum absolute atomic E-state index is 4.46. The first-order valence-electron chi connectivity index (χ1n) is 8.47. The van der Waals surface area contributed by atoms with Crippen LogP contribution in [0.5, 0.6) is 0 Å². The van der Waals surface area contributed by atoms with Gasteiger partial charge in [-0.05, 0) is 44.7 Å². The zero-order valence-electron chi connectivity index (χ0n) is 13.2. The second-order valence-electron chi connectivity index (χ2n) is 6.80. The Morgan fingerprint density at radius 2 is 2.09 bits per heavy atom. The summed E-state index contributed by atoms with van der Waals surface area (Å²) in [6.45, 7) is 6.90. The fourth-order valence-corrected chi connectivity index (χ4v) is 3.33. The van der Waals surface area contributed by atoms with Gasteiger partial charge in [0.1, 0.15) is 5.82 Å². The molecule has 2 aromatic heterocycles. The zero-order chi connectivity index (χ0) is 14.9. The van der Waals surface area contributed by atoms with Crippen LogP contribution in [0, 0.1) is 5.92 Å². The Labute approximate surface area is 130 Å². The Hall–Kier alpha value is -1.69. The standard InChI is InChI=1S/C16H24N6/c1-12(11-21-7-2-3-8-21)10-18-14-16-20-19-15(13-4-5-13)22(16)9-6-17-14/h6,9,12-13H,2-5,7-8,10-11H2,1H3,(H,17,18). The highest BCUT2D eigenvalue weighted by Gasteiger charge is 2.29. The molecule has 0 amide bonds. The lowest BCUT2D eigenvalue weighted by Gasteiger charge is -2.20. The topological polar surface area (TPSA) is 58.4 Å². The molecule has 0 radical (unpaired) electrons. The molecule has 118 valence electrons. The van der Waals surface area contributed by atoms with Crippen LogP contribution in [0.3, 0.4) is 0 Å². The van der Waals surface area contributed by atoms with Gasteiger partial charge in [0, 0.05) is 31.4 Å². The Morgan fingerprint density at radius 1 is 1.27 bits per heavy atom. The van der Waals surface area contributed by atoms with Crippen LogP contribution >= 0.6 is 0 Å². The lowest BCUT2D eigenvalue weighted by Crippen LogP contribution is -2.29. The quantitative estimate of drug-likeness (QED) is 0.886. The number of aromatic nitrogens is 4. The summed E-state index contributed by atoms with van der Waals surface area (Å²) in [5, 5.41) is 12.2. The van der Waals surface area contributed by atoms with E-state index in [0.717, 1.165) is 30.4 Å². The molecular formula is C16H24N6. The van der Waals surface area contributed by atoms with Crippen LogP contribution in [0.1, 0.15) is 44.3 Å². The number of likely N-dealkylation sites (tertiary alicyclic amines) is 1. The third-order valence-electron chi connectivity index (χ3n) is 4.68. The van der Waals surface area contributed by atoms with E-state index in [2.05, 4.69) is 36.7 Å². The van der Waals surface area contributed by atoms with E-state index >= 15 is 0 Å². The predicted octanol–water partition coefficient (Wildman–Crippen LogP) is 2.15. The van der Waals surface area contributed by atoms with Crippen molar-refractivity contribution >= 4 is 11.5 Å². The second kappa shape index (κ2) is 5.83. The highest BCUT2D eigenvalue weighted by molar-refractivity contribution is 5.62. The molecule has 0 spiro atoms. The Morgan fingerprint density at radius 3 is 2.86 bits per heavy atom. The van der Waals surface area contributed by atoms with E-state index in [-0.39, 0.29) is 0 Å². The van der Waals surface area contributed by atoms with Gasteiger partial charge in [-0.2, -0.15) is 0 Å². The normalized spacial score (nSPS) is 20.6. The first-order chi connectivity index (χ1) is 10.8. The van der Waals surface area contributed by atoms with E-state index in [4.69, 9.17) is 0 Å². The molecule has 0 aromatic carbocycles. The van der Waals surface area contributed by atoms with Gasteiger partial charge in [0.15, 0.2) is 5.82 Å². The minimum Gasteiger partial charge on any atom is -0.367 e. The third-order valence-corrected chi connectivity index (χ3v) is 4.68. The molecule has 2 aromatic rings. The average Bonchev–Trinajstić information content (AvgIpc) is 3.07. The summed E-state index contributed by atoms with van der Waals surface area (Å²) in [7, 11) is 0. The number of nitrogens with one attached hydrogen (secondary N) is 1. The minimum absolute atomic E-state index is 0.597. The van der Waals surface area contributed by atoms with E-state index in [1.807, 2.05) is 12.4 Å². The molecule has 6 nitrogen and oxygen atoms in total. The summed E-state index contributed by atoms with van der Waals surface area (Å²) >= 11 is 0. The van der Waals surface area contributed by atoms with Crippen molar-refractivity contribution in [3.05, 3.63) is 18.2 Å². The molecular weight excluding hydrogens is 276 g/mol. The molecule has 1 saturated carbocycles. The summed E-state index contributed by atoms with van der Waals surface area (Å²) in [5.74, 6) is 3.14. The molecule has 1 atom stereocenters. The van der Waals surface area contributed by atoms with Crippen molar-refractivity contribution < 1.29 is 0 Å². The van der Waals surface area contributed by atoms with E-state index in [1.165, 1.54) is 38.8 Å². The van der Waals surface area contributed by atoms with E-state index in [0.29, 0.717) is 11.8 Å². The predicted molar refractivity (Wildman–Crippen MR) is 86.1 cm³/mol. The molecule has 3 heterocycles. The molecule has 1 aliphatic carbocycles. The van der Waals surface area contributed by atoms with Crippen molar-refractivity contribution in [3.8, 4) is 0 Å². The first-order valence-corrected chi connectivity index (χ1v) is 8.47. The number of hydrogen-bond acceptors (Lipinski definition) is 5. The Kier molecular flexibility index (Phi) is 3.70. The Balaban J connectivity index is 1.42. The summed E-state index contributed by atoms with van der Waals surface area (Å²) in [6.07, 6.45) is 8.99.